The average Bonchev–Trinajstić information content (AvgIpc) is 2.67. The molecule has 0 aromatic heterocycles. The van der Waals surface area contributed by atoms with Crippen LogP contribution >= 0.6 is 0 Å². The van der Waals surface area contributed by atoms with Gasteiger partial charge < -0.3 is 24.6 Å². The molecule has 3 aliphatic heterocycles. The Morgan fingerprint density at radius 1 is 1.07 bits per heavy atom. The van der Waals surface area contributed by atoms with Crippen LogP contribution in [0.5, 0.6) is 11.5 Å². The first-order valence-corrected chi connectivity index (χ1v) is 10.7. The highest BCUT2D eigenvalue weighted by atomic mass is 16.6. The number of ether oxygens (including phenoxy) is 2. The molecule has 2 atom stereocenters. The van der Waals surface area contributed by atoms with Gasteiger partial charge in [-0.15, -0.1) is 0 Å². The molecule has 0 unspecified atom stereocenters. The van der Waals surface area contributed by atoms with Crippen LogP contribution in [0.4, 0.5) is 10.5 Å². The highest BCUT2D eigenvalue weighted by Gasteiger charge is 2.27. The maximum absolute atomic E-state index is 12.7. The summed E-state index contributed by atoms with van der Waals surface area (Å²) in [6.45, 7) is 11.2. The molecule has 1 N–H and O–H groups in total. The van der Waals surface area contributed by atoms with Gasteiger partial charge in [0.15, 0.2) is 11.5 Å². The molecule has 2 saturated heterocycles. The van der Waals surface area contributed by atoms with Crippen molar-refractivity contribution < 1.29 is 14.3 Å². The fraction of sp³-hybridized carbons (Fsp3) is 0.682. The van der Waals surface area contributed by atoms with E-state index in [1.54, 1.807) is 0 Å². The van der Waals surface area contributed by atoms with Crippen LogP contribution in [0.2, 0.25) is 0 Å². The predicted octanol–water partition coefficient (Wildman–Crippen LogP) is 3.68. The van der Waals surface area contributed by atoms with Crippen LogP contribution in [0, 0.1) is 17.8 Å². The molecule has 1 aromatic carbocycles. The Morgan fingerprint density at radius 2 is 1.75 bits per heavy atom. The number of carbonyl (C=O) groups excluding carboxylic acids is 1. The molecule has 6 nitrogen and oxygen atoms in total. The van der Waals surface area contributed by atoms with E-state index in [9.17, 15) is 4.79 Å². The van der Waals surface area contributed by atoms with Crippen molar-refractivity contribution in [3.63, 3.8) is 0 Å². The van der Waals surface area contributed by atoms with Gasteiger partial charge in [0.2, 0.25) is 0 Å². The van der Waals surface area contributed by atoms with Gasteiger partial charge >= 0.3 is 6.03 Å². The van der Waals surface area contributed by atoms with Crippen LogP contribution in [-0.4, -0.2) is 61.8 Å². The zero-order valence-corrected chi connectivity index (χ0v) is 17.2. The van der Waals surface area contributed by atoms with Crippen molar-refractivity contribution in [2.75, 3.05) is 51.3 Å². The van der Waals surface area contributed by atoms with Crippen LogP contribution in [0.15, 0.2) is 18.2 Å². The molecule has 3 heterocycles. The van der Waals surface area contributed by atoms with Crippen molar-refractivity contribution in [3.8, 4) is 11.5 Å². The average molecular weight is 388 g/mol. The zero-order chi connectivity index (χ0) is 19.5. The fourth-order valence-electron chi connectivity index (χ4n) is 4.95. The number of rotatable bonds is 3. The van der Waals surface area contributed by atoms with Gasteiger partial charge in [0.25, 0.3) is 0 Å². The number of hydrogen-bond donors (Lipinski definition) is 1. The molecule has 0 saturated carbocycles. The summed E-state index contributed by atoms with van der Waals surface area (Å²) >= 11 is 0. The van der Waals surface area contributed by atoms with Crippen LogP contribution in [0.1, 0.15) is 33.1 Å². The van der Waals surface area contributed by atoms with Gasteiger partial charge in [-0.1, -0.05) is 13.8 Å². The summed E-state index contributed by atoms with van der Waals surface area (Å²) in [6, 6.07) is 5.56. The topological polar surface area (TPSA) is 54.0 Å². The molecule has 0 aliphatic carbocycles. The first kappa shape index (κ1) is 19.4. The lowest BCUT2D eigenvalue weighted by atomic mass is 9.89. The molecule has 3 aliphatic rings. The maximum Gasteiger partial charge on any atom is 0.321 e. The molecule has 2 amide bonds. The Balaban J connectivity index is 1.25. The van der Waals surface area contributed by atoms with Crippen molar-refractivity contribution in [3.05, 3.63) is 18.2 Å². The second-order valence-electron chi connectivity index (χ2n) is 8.88. The fourth-order valence-corrected chi connectivity index (χ4v) is 4.95. The van der Waals surface area contributed by atoms with Crippen LogP contribution in [0.25, 0.3) is 0 Å². The first-order valence-electron chi connectivity index (χ1n) is 10.7. The number of fused-ring (bicyclic) bond motifs is 1. The van der Waals surface area contributed by atoms with Crippen molar-refractivity contribution in [1.82, 2.24) is 9.80 Å². The molecule has 28 heavy (non-hydrogen) atoms. The highest BCUT2D eigenvalue weighted by molar-refractivity contribution is 5.89. The lowest BCUT2D eigenvalue weighted by Gasteiger charge is -2.39. The number of carbonyl (C=O) groups is 1. The van der Waals surface area contributed by atoms with Crippen molar-refractivity contribution >= 4 is 11.7 Å². The molecular formula is C22H33N3O3. The Labute approximate surface area is 168 Å². The van der Waals surface area contributed by atoms with Crippen molar-refractivity contribution in [2.45, 2.75) is 33.1 Å². The van der Waals surface area contributed by atoms with Crippen molar-refractivity contribution in [2.24, 2.45) is 17.8 Å². The molecule has 0 bridgehead atoms. The number of nitrogens with one attached hydrogen (secondary N) is 1. The number of anilines is 1. The Kier molecular flexibility index (Phi) is 5.95. The number of hydrogen-bond acceptors (Lipinski definition) is 4. The van der Waals surface area contributed by atoms with Gasteiger partial charge in [-0.3, -0.25) is 0 Å². The van der Waals surface area contributed by atoms with Gasteiger partial charge in [0.1, 0.15) is 13.2 Å². The number of nitrogens with zero attached hydrogens (tertiary/aromatic N) is 2. The minimum absolute atomic E-state index is 0.0182. The molecule has 0 radical (unpaired) electrons. The van der Waals surface area contributed by atoms with Gasteiger partial charge in [0.05, 0.1) is 0 Å². The van der Waals surface area contributed by atoms with E-state index in [0.717, 1.165) is 49.2 Å². The largest absolute Gasteiger partial charge is 0.486 e. The van der Waals surface area contributed by atoms with Gasteiger partial charge in [-0.05, 0) is 49.1 Å². The Bertz CT molecular complexity index is 678. The van der Waals surface area contributed by atoms with Crippen LogP contribution < -0.4 is 14.8 Å². The molecule has 154 valence electrons. The molecular weight excluding hydrogens is 354 g/mol. The number of likely N-dealkylation sites (tertiary alicyclic amines) is 2. The summed E-state index contributed by atoms with van der Waals surface area (Å²) in [5.41, 5.74) is 0.757. The van der Waals surface area contributed by atoms with Crippen LogP contribution in [-0.2, 0) is 0 Å². The number of urea groups is 1. The molecule has 6 heteroatoms. The van der Waals surface area contributed by atoms with Gasteiger partial charge in [-0.25, -0.2) is 4.79 Å². The summed E-state index contributed by atoms with van der Waals surface area (Å²) in [4.78, 5) is 17.2. The monoisotopic (exact) mass is 387 g/mol. The van der Waals surface area contributed by atoms with E-state index in [0.29, 0.717) is 24.9 Å². The molecule has 2 fully saturated rings. The maximum atomic E-state index is 12.7. The van der Waals surface area contributed by atoms with E-state index in [2.05, 4.69) is 24.1 Å². The van der Waals surface area contributed by atoms with Gasteiger partial charge in [0, 0.05) is 44.5 Å². The Hall–Kier alpha value is -1.95. The zero-order valence-electron chi connectivity index (χ0n) is 17.2. The quantitative estimate of drug-likeness (QED) is 0.860. The molecule has 1 aromatic rings. The third kappa shape index (κ3) is 4.72. The number of benzene rings is 1. The third-order valence-corrected chi connectivity index (χ3v) is 6.16. The van der Waals surface area contributed by atoms with Crippen molar-refractivity contribution in [1.29, 1.82) is 0 Å². The summed E-state index contributed by atoms with van der Waals surface area (Å²) in [5.74, 6) is 3.76. The first-order chi connectivity index (χ1) is 13.6. The van der Waals surface area contributed by atoms with E-state index >= 15 is 0 Å². The second kappa shape index (κ2) is 8.60. The smallest absolute Gasteiger partial charge is 0.321 e. The SMILES string of the molecule is C[C@@H]1C[C@@H](C)CN(CC2CCN(C(=O)Nc3ccc4c(c3)OCCO4)CC2)C1. The van der Waals surface area contributed by atoms with E-state index in [1.807, 2.05) is 23.1 Å². The van der Waals surface area contributed by atoms with Crippen LogP contribution in [0.3, 0.4) is 0 Å². The summed E-state index contributed by atoms with van der Waals surface area (Å²) < 4.78 is 11.1. The normalized spacial score (nSPS) is 26.1. The minimum Gasteiger partial charge on any atom is -0.486 e. The predicted molar refractivity (Wildman–Crippen MR) is 110 cm³/mol. The minimum atomic E-state index is -0.0182. The molecule has 0 spiro atoms. The van der Waals surface area contributed by atoms with E-state index in [-0.39, 0.29) is 6.03 Å². The third-order valence-electron chi connectivity index (χ3n) is 6.16. The Morgan fingerprint density at radius 3 is 2.46 bits per heavy atom. The van der Waals surface area contributed by atoms with E-state index in [1.165, 1.54) is 26.1 Å². The highest BCUT2D eigenvalue weighted by Crippen LogP contribution is 2.33. The van der Waals surface area contributed by atoms with Gasteiger partial charge in [-0.2, -0.15) is 0 Å². The summed E-state index contributed by atoms with van der Waals surface area (Å²) in [7, 11) is 0. The number of piperidine rings is 2. The molecule has 4 rings (SSSR count). The number of amides is 2. The van der Waals surface area contributed by atoms with E-state index < -0.39 is 0 Å². The lowest BCUT2D eigenvalue weighted by molar-refractivity contribution is 0.101. The lowest BCUT2D eigenvalue weighted by Crippen LogP contribution is -2.46. The summed E-state index contributed by atoms with van der Waals surface area (Å²) in [6.07, 6.45) is 3.54. The standard InChI is InChI=1S/C22H33N3O3/c1-16-11-17(2)14-24(13-16)15-18-5-7-25(8-6-18)22(26)23-19-3-4-20-21(12-19)28-10-9-27-20/h3-4,12,16-18H,5-11,13-15H2,1-2H3,(H,23,26)/t16-,17-/m1/s1. The second-order valence-corrected chi connectivity index (χ2v) is 8.88. The summed E-state index contributed by atoms with van der Waals surface area (Å²) in [5, 5.41) is 3.01. The van der Waals surface area contributed by atoms with E-state index in [4.69, 9.17) is 9.47 Å².